The van der Waals surface area contributed by atoms with E-state index in [1.165, 1.54) is 44.2 Å². The Balaban J connectivity index is 1.32. The predicted octanol–water partition coefficient (Wildman–Crippen LogP) is 11.3. The van der Waals surface area contributed by atoms with Crippen LogP contribution in [0.25, 0.3) is 44.2 Å². The first kappa shape index (κ1) is 24.6. The summed E-state index contributed by atoms with van der Waals surface area (Å²) in [4.78, 5) is 2.32. The first-order valence-corrected chi connectivity index (χ1v) is 14.0. The lowest BCUT2D eigenvalue weighted by Crippen LogP contribution is -2.09. The SMILES string of the molecule is c1ccc(-c2ccc(N(c3ccccc3)c3ccc(-c4c(-c5ccccc5)ccc5ccccc45)cc3)cc2)cc1. The normalized spacial score (nSPS) is 10.9. The van der Waals surface area contributed by atoms with Crippen molar-refractivity contribution in [1.29, 1.82) is 0 Å². The van der Waals surface area contributed by atoms with Crippen LogP contribution in [-0.4, -0.2) is 0 Å². The second-order valence-corrected chi connectivity index (χ2v) is 10.2. The molecule has 0 aromatic heterocycles. The Morgan fingerprint density at radius 1 is 0.293 bits per heavy atom. The van der Waals surface area contributed by atoms with Crippen LogP contribution in [-0.2, 0) is 0 Å². The zero-order chi connectivity index (χ0) is 27.4. The van der Waals surface area contributed by atoms with Crippen LogP contribution in [0.3, 0.4) is 0 Å². The molecule has 0 fully saturated rings. The average Bonchev–Trinajstić information content (AvgIpc) is 3.06. The van der Waals surface area contributed by atoms with Crippen LogP contribution >= 0.6 is 0 Å². The van der Waals surface area contributed by atoms with E-state index >= 15 is 0 Å². The van der Waals surface area contributed by atoms with E-state index < -0.39 is 0 Å². The second kappa shape index (κ2) is 11.0. The lowest BCUT2D eigenvalue weighted by molar-refractivity contribution is 1.28. The van der Waals surface area contributed by atoms with Crippen molar-refractivity contribution in [2.24, 2.45) is 0 Å². The van der Waals surface area contributed by atoms with Crippen molar-refractivity contribution < 1.29 is 0 Å². The van der Waals surface area contributed by atoms with Crippen molar-refractivity contribution in [3.8, 4) is 33.4 Å². The van der Waals surface area contributed by atoms with Crippen LogP contribution in [0, 0.1) is 0 Å². The monoisotopic (exact) mass is 523 g/mol. The highest BCUT2D eigenvalue weighted by molar-refractivity contribution is 6.04. The van der Waals surface area contributed by atoms with Crippen molar-refractivity contribution in [2.75, 3.05) is 4.90 Å². The molecule has 0 unspecified atom stereocenters. The number of nitrogens with zero attached hydrogens (tertiary/aromatic N) is 1. The van der Waals surface area contributed by atoms with Crippen LogP contribution < -0.4 is 4.90 Å². The van der Waals surface area contributed by atoms with Gasteiger partial charge in [-0.15, -0.1) is 0 Å². The summed E-state index contributed by atoms with van der Waals surface area (Å²) in [5, 5.41) is 2.51. The van der Waals surface area contributed by atoms with Gasteiger partial charge >= 0.3 is 0 Å². The standard InChI is InChI=1S/C40H29N/c1-4-12-30(13-5-1)31-20-25-36(26-21-31)41(35-17-8-3-9-18-35)37-27-22-34(23-28-37)40-38-19-11-10-16-33(38)24-29-39(40)32-14-6-2-7-15-32/h1-29H. The van der Waals surface area contributed by atoms with Crippen LogP contribution in [0.1, 0.15) is 0 Å². The first-order chi connectivity index (χ1) is 20.3. The molecular weight excluding hydrogens is 494 g/mol. The fraction of sp³-hybridized carbons (Fsp3) is 0. The molecule has 7 rings (SSSR count). The Labute approximate surface area is 241 Å². The maximum Gasteiger partial charge on any atom is 0.0462 e. The highest BCUT2D eigenvalue weighted by Gasteiger charge is 2.15. The lowest BCUT2D eigenvalue weighted by atomic mass is 9.89. The molecule has 1 nitrogen and oxygen atoms in total. The molecule has 41 heavy (non-hydrogen) atoms. The van der Waals surface area contributed by atoms with Crippen LogP contribution in [0.5, 0.6) is 0 Å². The predicted molar refractivity (Wildman–Crippen MR) is 175 cm³/mol. The van der Waals surface area contributed by atoms with Crippen LogP contribution in [0.15, 0.2) is 176 Å². The zero-order valence-electron chi connectivity index (χ0n) is 22.7. The topological polar surface area (TPSA) is 3.24 Å². The molecule has 0 bridgehead atoms. The third kappa shape index (κ3) is 4.90. The first-order valence-electron chi connectivity index (χ1n) is 14.0. The number of para-hydroxylation sites is 1. The van der Waals surface area contributed by atoms with E-state index in [2.05, 4.69) is 181 Å². The van der Waals surface area contributed by atoms with Crippen LogP contribution in [0.2, 0.25) is 0 Å². The average molecular weight is 524 g/mol. The summed E-state index contributed by atoms with van der Waals surface area (Å²) in [6.45, 7) is 0. The van der Waals surface area contributed by atoms with Gasteiger partial charge in [0, 0.05) is 17.1 Å². The van der Waals surface area contributed by atoms with E-state index in [4.69, 9.17) is 0 Å². The summed E-state index contributed by atoms with van der Waals surface area (Å²) in [5.41, 5.74) is 10.7. The molecular formula is C40H29N. The van der Waals surface area contributed by atoms with Gasteiger partial charge in [-0.05, 0) is 80.6 Å². The van der Waals surface area contributed by atoms with Crippen LogP contribution in [0.4, 0.5) is 17.1 Å². The van der Waals surface area contributed by atoms with E-state index in [0.29, 0.717) is 0 Å². The molecule has 0 heterocycles. The fourth-order valence-electron chi connectivity index (χ4n) is 5.68. The molecule has 0 radical (unpaired) electrons. The Morgan fingerprint density at radius 2 is 0.756 bits per heavy atom. The molecule has 0 saturated heterocycles. The quantitative estimate of drug-likeness (QED) is 0.209. The maximum absolute atomic E-state index is 2.32. The third-order valence-electron chi connectivity index (χ3n) is 7.68. The summed E-state index contributed by atoms with van der Waals surface area (Å²) in [6, 6.07) is 62.8. The molecule has 0 aliphatic carbocycles. The van der Waals surface area contributed by atoms with Crippen molar-refractivity contribution in [1.82, 2.24) is 0 Å². The molecule has 0 amide bonds. The molecule has 0 N–H and O–H groups in total. The number of hydrogen-bond acceptors (Lipinski definition) is 1. The fourth-order valence-corrected chi connectivity index (χ4v) is 5.68. The minimum Gasteiger partial charge on any atom is -0.311 e. The Hall–Kier alpha value is -5.40. The highest BCUT2D eigenvalue weighted by atomic mass is 15.1. The molecule has 0 atom stereocenters. The molecule has 0 aliphatic heterocycles. The minimum atomic E-state index is 1.12. The summed E-state index contributed by atoms with van der Waals surface area (Å²) >= 11 is 0. The summed E-state index contributed by atoms with van der Waals surface area (Å²) < 4.78 is 0. The van der Waals surface area contributed by atoms with E-state index in [0.717, 1.165) is 17.1 Å². The van der Waals surface area contributed by atoms with Gasteiger partial charge in [0.05, 0.1) is 0 Å². The minimum absolute atomic E-state index is 1.12. The van der Waals surface area contributed by atoms with Crippen molar-refractivity contribution in [3.05, 3.63) is 176 Å². The molecule has 1 heteroatoms. The highest BCUT2D eigenvalue weighted by Crippen LogP contribution is 2.41. The van der Waals surface area contributed by atoms with Gasteiger partial charge < -0.3 is 4.90 Å². The van der Waals surface area contributed by atoms with Crippen molar-refractivity contribution in [2.45, 2.75) is 0 Å². The lowest BCUT2D eigenvalue weighted by Gasteiger charge is -2.26. The van der Waals surface area contributed by atoms with Crippen molar-refractivity contribution >= 4 is 27.8 Å². The number of hydrogen-bond donors (Lipinski definition) is 0. The summed E-state index contributed by atoms with van der Waals surface area (Å²) in [5.74, 6) is 0. The zero-order valence-corrected chi connectivity index (χ0v) is 22.7. The Morgan fingerprint density at radius 3 is 1.39 bits per heavy atom. The van der Waals surface area contributed by atoms with Gasteiger partial charge in [-0.2, -0.15) is 0 Å². The van der Waals surface area contributed by atoms with E-state index in [1.54, 1.807) is 0 Å². The number of benzene rings is 7. The maximum atomic E-state index is 2.32. The molecule has 0 saturated carbocycles. The van der Waals surface area contributed by atoms with Gasteiger partial charge in [0.2, 0.25) is 0 Å². The molecule has 0 aliphatic rings. The molecule has 7 aromatic rings. The van der Waals surface area contributed by atoms with Gasteiger partial charge in [0.1, 0.15) is 0 Å². The second-order valence-electron chi connectivity index (χ2n) is 10.2. The molecule has 7 aromatic carbocycles. The van der Waals surface area contributed by atoms with E-state index in [9.17, 15) is 0 Å². The smallest absolute Gasteiger partial charge is 0.0462 e. The number of fused-ring (bicyclic) bond motifs is 1. The van der Waals surface area contributed by atoms with Gasteiger partial charge in [-0.25, -0.2) is 0 Å². The van der Waals surface area contributed by atoms with Gasteiger partial charge in [0.15, 0.2) is 0 Å². The number of rotatable bonds is 6. The summed E-state index contributed by atoms with van der Waals surface area (Å²) in [6.07, 6.45) is 0. The van der Waals surface area contributed by atoms with E-state index in [-0.39, 0.29) is 0 Å². The molecule has 0 spiro atoms. The molecule has 194 valence electrons. The van der Waals surface area contributed by atoms with Crippen molar-refractivity contribution in [3.63, 3.8) is 0 Å². The third-order valence-corrected chi connectivity index (χ3v) is 7.68. The number of anilines is 3. The summed E-state index contributed by atoms with van der Waals surface area (Å²) in [7, 11) is 0. The Bertz CT molecular complexity index is 1890. The largest absolute Gasteiger partial charge is 0.311 e. The Kier molecular flexibility index (Phi) is 6.61. The van der Waals surface area contributed by atoms with Gasteiger partial charge in [-0.1, -0.05) is 140 Å². The van der Waals surface area contributed by atoms with Gasteiger partial charge in [-0.3, -0.25) is 0 Å². The van der Waals surface area contributed by atoms with E-state index in [1.807, 2.05) is 0 Å². The van der Waals surface area contributed by atoms with Gasteiger partial charge in [0.25, 0.3) is 0 Å².